The van der Waals surface area contributed by atoms with Gasteiger partial charge in [0.05, 0.1) is 0 Å². The third-order valence-corrected chi connectivity index (χ3v) is 1.78. The zero-order valence-corrected chi connectivity index (χ0v) is 7.21. The number of alkyl halides is 1. The van der Waals surface area contributed by atoms with Crippen molar-refractivity contribution in [1.82, 2.24) is 4.90 Å². The lowest BCUT2D eigenvalue weighted by Gasteiger charge is -2.11. The largest absolute Gasteiger partial charge is 0.302 e. The molecule has 0 radical (unpaired) electrons. The van der Waals surface area contributed by atoms with E-state index in [4.69, 9.17) is 11.6 Å². The fourth-order valence-corrected chi connectivity index (χ4v) is 1.10. The van der Waals surface area contributed by atoms with E-state index in [9.17, 15) is 0 Å². The highest BCUT2D eigenvalue weighted by Gasteiger charge is 2.24. The van der Waals surface area contributed by atoms with Crippen LogP contribution in [0.1, 0.15) is 12.8 Å². The van der Waals surface area contributed by atoms with E-state index in [1.165, 1.54) is 12.8 Å². The quantitative estimate of drug-likeness (QED) is 0.583. The van der Waals surface area contributed by atoms with Crippen molar-refractivity contribution in [2.75, 3.05) is 19.5 Å². The Morgan fingerprint density at radius 3 is 2.44 bits per heavy atom. The average molecular weight is 170 g/mol. The molecule has 0 atom stereocenters. The van der Waals surface area contributed by atoms with Gasteiger partial charge in [-0.15, -0.1) is 24.0 Å². The lowest BCUT2D eigenvalue weighted by atomic mass is 10.5. The monoisotopic (exact) mass is 169 g/mol. The fraction of sp³-hybridized carbons (Fsp3) is 1.00. The summed E-state index contributed by atoms with van der Waals surface area (Å²) in [6, 6.07) is 0.869. The zero-order chi connectivity index (χ0) is 5.98. The molecule has 1 aliphatic carbocycles. The highest BCUT2D eigenvalue weighted by molar-refractivity contribution is 6.18. The van der Waals surface area contributed by atoms with Gasteiger partial charge in [0.15, 0.2) is 0 Å². The predicted octanol–water partition coefficient (Wildman–Crippen LogP) is 1.74. The van der Waals surface area contributed by atoms with Crippen LogP contribution >= 0.6 is 24.0 Å². The second-order valence-electron chi connectivity index (χ2n) is 2.40. The maximum atomic E-state index is 5.53. The van der Waals surface area contributed by atoms with Crippen molar-refractivity contribution < 1.29 is 0 Å². The van der Waals surface area contributed by atoms with Crippen LogP contribution in [0.5, 0.6) is 0 Å². The number of hydrogen-bond acceptors (Lipinski definition) is 1. The minimum Gasteiger partial charge on any atom is -0.302 e. The molecule has 0 N–H and O–H groups in total. The normalized spacial score (nSPS) is 17.7. The maximum Gasteiger partial charge on any atom is 0.0351 e. The summed E-state index contributed by atoms with van der Waals surface area (Å²) in [6.07, 6.45) is 2.76. The average Bonchev–Trinajstić information content (AvgIpc) is 2.45. The first-order chi connectivity index (χ1) is 3.84. The van der Waals surface area contributed by atoms with E-state index in [1.54, 1.807) is 0 Å². The first-order valence-corrected chi connectivity index (χ1v) is 3.64. The van der Waals surface area contributed by atoms with E-state index in [-0.39, 0.29) is 12.4 Å². The second-order valence-corrected chi connectivity index (χ2v) is 2.78. The summed E-state index contributed by atoms with van der Waals surface area (Å²) in [5.74, 6) is 0.771. The molecule has 0 aromatic heterocycles. The minimum absolute atomic E-state index is 0. The fourth-order valence-electron chi connectivity index (χ4n) is 0.831. The molecule has 0 spiro atoms. The van der Waals surface area contributed by atoms with Gasteiger partial charge < -0.3 is 4.90 Å². The van der Waals surface area contributed by atoms with Crippen LogP contribution < -0.4 is 0 Å². The molecule has 0 aromatic rings. The van der Waals surface area contributed by atoms with Crippen molar-refractivity contribution in [2.45, 2.75) is 18.9 Å². The van der Waals surface area contributed by atoms with Crippen LogP contribution in [0.25, 0.3) is 0 Å². The number of hydrogen-bond donors (Lipinski definition) is 0. The van der Waals surface area contributed by atoms with E-state index >= 15 is 0 Å². The van der Waals surface area contributed by atoms with E-state index in [2.05, 4.69) is 11.9 Å². The van der Waals surface area contributed by atoms with E-state index < -0.39 is 0 Å². The Bertz CT molecular complexity index is 73.5. The van der Waals surface area contributed by atoms with Crippen LogP contribution in [-0.4, -0.2) is 30.4 Å². The highest BCUT2D eigenvalue weighted by atomic mass is 35.5. The van der Waals surface area contributed by atoms with Crippen molar-refractivity contribution in [2.24, 2.45) is 0 Å². The maximum absolute atomic E-state index is 5.53. The molecule has 0 amide bonds. The summed E-state index contributed by atoms with van der Waals surface area (Å²) >= 11 is 5.53. The predicted molar refractivity (Wildman–Crippen MR) is 43.6 cm³/mol. The number of nitrogens with zero attached hydrogens (tertiary/aromatic N) is 1. The van der Waals surface area contributed by atoms with Gasteiger partial charge in [0, 0.05) is 18.5 Å². The van der Waals surface area contributed by atoms with E-state index in [0.29, 0.717) is 0 Å². The molecule has 3 heteroatoms. The van der Waals surface area contributed by atoms with Crippen LogP contribution in [-0.2, 0) is 0 Å². The molecule has 1 fully saturated rings. The van der Waals surface area contributed by atoms with E-state index in [0.717, 1.165) is 18.5 Å². The van der Waals surface area contributed by atoms with Crippen LogP contribution in [0.2, 0.25) is 0 Å². The first kappa shape index (κ1) is 9.54. The summed E-state index contributed by atoms with van der Waals surface area (Å²) in [5.41, 5.74) is 0. The molecule has 1 aliphatic rings. The smallest absolute Gasteiger partial charge is 0.0351 e. The lowest BCUT2D eigenvalue weighted by molar-refractivity contribution is 0.345. The van der Waals surface area contributed by atoms with Gasteiger partial charge in [0.2, 0.25) is 0 Å². The van der Waals surface area contributed by atoms with E-state index in [1.807, 2.05) is 0 Å². The molecule has 1 rings (SSSR count). The highest BCUT2D eigenvalue weighted by Crippen LogP contribution is 2.24. The Labute approximate surface area is 67.8 Å². The Morgan fingerprint density at radius 2 is 2.11 bits per heavy atom. The van der Waals surface area contributed by atoms with Crippen molar-refractivity contribution in [3.8, 4) is 0 Å². The topological polar surface area (TPSA) is 3.24 Å². The molecule has 0 heterocycles. The molecule has 1 nitrogen and oxygen atoms in total. The Morgan fingerprint density at radius 1 is 1.56 bits per heavy atom. The van der Waals surface area contributed by atoms with Crippen molar-refractivity contribution in [3.05, 3.63) is 0 Å². The summed E-state index contributed by atoms with van der Waals surface area (Å²) in [4.78, 5) is 2.33. The van der Waals surface area contributed by atoms with Gasteiger partial charge in [-0.1, -0.05) is 0 Å². The Balaban J connectivity index is 0.000000640. The molecular weight excluding hydrogens is 157 g/mol. The summed E-state index contributed by atoms with van der Waals surface area (Å²) in [7, 11) is 2.14. The number of halogens is 2. The van der Waals surface area contributed by atoms with Gasteiger partial charge in [-0.3, -0.25) is 0 Å². The molecule has 0 saturated heterocycles. The van der Waals surface area contributed by atoms with Gasteiger partial charge in [-0.05, 0) is 19.9 Å². The van der Waals surface area contributed by atoms with Gasteiger partial charge in [0.1, 0.15) is 0 Å². The van der Waals surface area contributed by atoms with Crippen LogP contribution in [0.15, 0.2) is 0 Å². The lowest BCUT2D eigenvalue weighted by Crippen LogP contribution is -2.22. The summed E-state index contributed by atoms with van der Waals surface area (Å²) in [6.45, 7) is 1.05. The first-order valence-electron chi connectivity index (χ1n) is 3.11. The Kier molecular flexibility index (Phi) is 4.63. The third-order valence-electron chi connectivity index (χ3n) is 1.61. The summed E-state index contributed by atoms with van der Waals surface area (Å²) < 4.78 is 0. The molecule has 0 aromatic carbocycles. The van der Waals surface area contributed by atoms with Crippen LogP contribution in [0.3, 0.4) is 0 Å². The molecular formula is C6H13Cl2N. The molecule has 0 unspecified atom stereocenters. The molecule has 56 valence electrons. The van der Waals surface area contributed by atoms with Crippen LogP contribution in [0, 0.1) is 0 Å². The standard InChI is InChI=1S/C6H12ClN.ClH/c1-8(5-4-7)6-2-3-6;/h6H,2-5H2,1H3;1H. The van der Waals surface area contributed by atoms with Gasteiger partial charge in [0.25, 0.3) is 0 Å². The third kappa shape index (κ3) is 3.29. The minimum atomic E-state index is 0. The molecule has 1 saturated carbocycles. The SMILES string of the molecule is CN(CCCl)C1CC1.Cl. The van der Waals surface area contributed by atoms with Gasteiger partial charge >= 0.3 is 0 Å². The van der Waals surface area contributed by atoms with Crippen molar-refractivity contribution in [1.29, 1.82) is 0 Å². The van der Waals surface area contributed by atoms with Crippen molar-refractivity contribution >= 4 is 24.0 Å². The van der Waals surface area contributed by atoms with Gasteiger partial charge in [-0.25, -0.2) is 0 Å². The van der Waals surface area contributed by atoms with Gasteiger partial charge in [-0.2, -0.15) is 0 Å². The summed E-state index contributed by atoms with van der Waals surface area (Å²) in [5, 5.41) is 0. The Hall–Kier alpha value is 0.540. The number of rotatable bonds is 3. The molecule has 0 bridgehead atoms. The molecule has 9 heavy (non-hydrogen) atoms. The molecule has 0 aliphatic heterocycles. The second kappa shape index (κ2) is 4.37. The van der Waals surface area contributed by atoms with Crippen molar-refractivity contribution in [3.63, 3.8) is 0 Å². The zero-order valence-electron chi connectivity index (χ0n) is 5.64. The van der Waals surface area contributed by atoms with Crippen LogP contribution in [0.4, 0.5) is 0 Å².